The molecule has 0 amide bonds. The van der Waals surface area contributed by atoms with Crippen LogP contribution in [-0.4, -0.2) is 28.0 Å². The van der Waals surface area contributed by atoms with Gasteiger partial charge in [0.05, 0.1) is 21.5 Å². The molecule has 1 aromatic heterocycles. The zero-order valence-corrected chi connectivity index (χ0v) is 15.3. The van der Waals surface area contributed by atoms with Gasteiger partial charge in [-0.15, -0.1) is 0 Å². The van der Waals surface area contributed by atoms with Crippen molar-refractivity contribution < 1.29 is 4.74 Å². The Balaban J connectivity index is 1.98. The molecule has 1 N–H and O–H groups in total. The highest BCUT2D eigenvalue weighted by atomic mass is 79.9. The summed E-state index contributed by atoms with van der Waals surface area (Å²) in [4.78, 5) is 0. The van der Waals surface area contributed by atoms with Crippen LogP contribution in [0.1, 0.15) is 57.8 Å². The molecule has 1 atom stereocenters. The Morgan fingerprint density at radius 1 is 1.38 bits per heavy atom. The van der Waals surface area contributed by atoms with Gasteiger partial charge in [0.25, 0.3) is 0 Å². The van der Waals surface area contributed by atoms with Gasteiger partial charge in [-0.25, -0.2) is 0 Å². The van der Waals surface area contributed by atoms with Crippen LogP contribution in [0.3, 0.4) is 0 Å². The van der Waals surface area contributed by atoms with E-state index in [2.05, 4.69) is 47.1 Å². The lowest BCUT2D eigenvalue weighted by atomic mass is 9.86. The molecule has 1 aliphatic heterocycles. The molecule has 1 saturated heterocycles. The Kier molecular flexibility index (Phi) is 5.86. The number of aryl methyl sites for hydroxylation is 2. The predicted octanol–water partition coefficient (Wildman–Crippen LogP) is 3.57. The topological polar surface area (TPSA) is 39.1 Å². The molecule has 120 valence electrons. The summed E-state index contributed by atoms with van der Waals surface area (Å²) in [7, 11) is 2.02. The third-order valence-electron chi connectivity index (χ3n) is 4.84. The number of ether oxygens (including phenoxy) is 1. The van der Waals surface area contributed by atoms with Crippen molar-refractivity contribution in [3.8, 4) is 0 Å². The molecule has 0 bridgehead atoms. The highest BCUT2D eigenvalue weighted by Gasteiger charge is 2.34. The molecule has 1 aliphatic rings. The average molecular weight is 358 g/mol. The molecular weight excluding hydrogens is 330 g/mol. The highest BCUT2D eigenvalue weighted by molar-refractivity contribution is 9.10. The minimum atomic E-state index is 0.0776. The van der Waals surface area contributed by atoms with Crippen LogP contribution in [0.25, 0.3) is 0 Å². The fourth-order valence-corrected chi connectivity index (χ4v) is 3.95. The molecule has 4 nitrogen and oxygen atoms in total. The molecule has 0 saturated carbocycles. The van der Waals surface area contributed by atoms with Crippen molar-refractivity contribution in [1.82, 2.24) is 15.1 Å². The molecular formula is C16H28BrN3O. The van der Waals surface area contributed by atoms with Crippen LogP contribution in [0.2, 0.25) is 0 Å². The van der Waals surface area contributed by atoms with Crippen LogP contribution >= 0.6 is 15.9 Å². The first-order valence-electron chi connectivity index (χ1n) is 8.12. The predicted molar refractivity (Wildman–Crippen MR) is 89.4 cm³/mol. The summed E-state index contributed by atoms with van der Waals surface area (Å²) in [5.74, 6) is 0. The van der Waals surface area contributed by atoms with Crippen molar-refractivity contribution in [3.63, 3.8) is 0 Å². The molecule has 0 aliphatic carbocycles. The summed E-state index contributed by atoms with van der Waals surface area (Å²) in [6, 6.07) is 0.533. The van der Waals surface area contributed by atoms with Crippen LogP contribution < -0.4 is 5.32 Å². The van der Waals surface area contributed by atoms with Crippen molar-refractivity contribution in [2.24, 2.45) is 7.05 Å². The molecule has 5 heteroatoms. The molecule has 0 radical (unpaired) electrons. The second kappa shape index (κ2) is 7.25. The van der Waals surface area contributed by atoms with Crippen molar-refractivity contribution in [1.29, 1.82) is 0 Å². The van der Waals surface area contributed by atoms with Gasteiger partial charge in [-0.2, -0.15) is 5.10 Å². The van der Waals surface area contributed by atoms with Crippen LogP contribution in [0, 0.1) is 0 Å². The number of hydrogen-bond acceptors (Lipinski definition) is 3. The number of rotatable bonds is 6. The summed E-state index contributed by atoms with van der Waals surface area (Å²) in [6.45, 7) is 8.33. The minimum absolute atomic E-state index is 0.0776. The molecule has 1 fully saturated rings. The van der Waals surface area contributed by atoms with Crippen molar-refractivity contribution in [2.45, 2.75) is 71.1 Å². The first-order chi connectivity index (χ1) is 10.0. The zero-order valence-electron chi connectivity index (χ0n) is 13.7. The lowest BCUT2D eigenvalue weighted by Crippen LogP contribution is -2.46. The number of halogens is 1. The van der Waals surface area contributed by atoms with Crippen LogP contribution in [0.15, 0.2) is 4.47 Å². The van der Waals surface area contributed by atoms with Gasteiger partial charge in [-0.3, -0.25) is 4.68 Å². The van der Waals surface area contributed by atoms with E-state index >= 15 is 0 Å². The third-order valence-corrected chi connectivity index (χ3v) is 5.76. The molecule has 21 heavy (non-hydrogen) atoms. The van der Waals surface area contributed by atoms with Crippen LogP contribution in [-0.2, 0) is 24.8 Å². The number of hydrogen-bond donors (Lipinski definition) is 1. The van der Waals surface area contributed by atoms with E-state index in [1.807, 2.05) is 11.7 Å². The Morgan fingerprint density at radius 3 is 2.67 bits per heavy atom. The Bertz CT molecular complexity index is 468. The van der Waals surface area contributed by atoms with E-state index in [0.717, 1.165) is 55.4 Å². The second-order valence-corrected chi connectivity index (χ2v) is 6.79. The monoisotopic (exact) mass is 357 g/mol. The Hall–Kier alpha value is -0.390. The van der Waals surface area contributed by atoms with Crippen molar-refractivity contribution in [3.05, 3.63) is 15.9 Å². The Labute approximate surface area is 136 Å². The van der Waals surface area contributed by atoms with Crippen LogP contribution in [0.5, 0.6) is 0 Å². The lowest BCUT2D eigenvalue weighted by molar-refractivity contribution is -0.0932. The number of aromatic nitrogens is 2. The second-order valence-electron chi connectivity index (χ2n) is 5.99. The normalized spacial score (nSPS) is 21.7. The van der Waals surface area contributed by atoms with Gasteiger partial charge in [0, 0.05) is 26.2 Å². The largest absolute Gasteiger partial charge is 0.375 e. The van der Waals surface area contributed by atoms with Crippen molar-refractivity contribution >= 4 is 15.9 Å². The van der Waals surface area contributed by atoms with Gasteiger partial charge in [-0.05, 0) is 48.0 Å². The average Bonchev–Trinajstić information content (AvgIpc) is 2.79. The van der Waals surface area contributed by atoms with E-state index in [1.165, 1.54) is 5.69 Å². The molecule has 1 aromatic rings. The highest BCUT2D eigenvalue weighted by Crippen LogP contribution is 2.31. The standard InChI is InChI=1S/C16H28BrN3O/c1-5-13-15(17)14(20(4)19-13)11-18-12-8-9-21-16(6-2,7-3)10-12/h12,18H,5-11H2,1-4H3. The smallest absolute Gasteiger partial charge is 0.0767 e. The Morgan fingerprint density at radius 2 is 2.10 bits per heavy atom. The molecule has 1 unspecified atom stereocenters. The SMILES string of the molecule is CCc1nn(C)c(CNC2CCOC(CC)(CC)C2)c1Br. The van der Waals surface area contributed by atoms with Gasteiger partial charge in [0.1, 0.15) is 0 Å². The van der Waals surface area contributed by atoms with E-state index in [9.17, 15) is 0 Å². The minimum Gasteiger partial charge on any atom is -0.375 e. The first-order valence-corrected chi connectivity index (χ1v) is 8.92. The number of nitrogens with zero attached hydrogens (tertiary/aromatic N) is 2. The summed E-state index contributed by atoms with van der Waals surface area (Å²) in [6.07, 6.45) is 5.35. The molecule has 0 spiro atoms. The quantitative estimate of drug-likeness (QED) is 0.845. The number of nitrogens with one attached hydrogen (secondary N) is 1. The maximum atomic E-state index is 6.05. The van der Waals surface area contributed by atoms with E-state index in [1.54, 1.807) is 0 Å². The molecule has 0 aromatic carbocycles. The third kappa shape index (κ3) is 3.69. The van der Waals surface area contributed by atoms with Gasteiger partial charge in [0.2, 0.25) is 0 Å². The van der Waals surface area contributed by atoms with Gasteiger partial charge >= 0.3 is 0 Å². The van der Waals surface area contributed by atoms with Gasteiger partial charge in [0.15, 0.2) is 0 Å². The van der Waals surface area contributed by atoms with E-state index in [4.69, 9.17) is 4.74 Å². The molecule has 2 heterocycles. The summed E-state index contributed by atoms with van der Waals surface area (Å²) < 4.78 is 9.19. The fraction of sp³-hybridized carbons (Fsp3) is 0.812. The van der Waals surface area contributed by atoms with Crippen LogP contribution in [0.4, 0.5) is 0 Å². The zero-order chi connectivity index (χ0) is 15.5. The molecule has 2 rings (SSSR count). The fourth-order valence-electron chi connectivity index (χ4n) is 3.20. The summed E-state index contributed by atoms with van der Waals surface area (Å²) >= 11 is 3.69. The lowest BCUT2D eigenvalue weighted by Gasteiger charge is -2.40. The van der Waals surface area contributed by atoms with Crippen molar-refractivity contribution in [2.75, 3.05) is 6.61 Å². The first kappa shape index (κ1) is 17.0. The van der Waals surface area contributed by atoms with E-state index in [0.29, 0.717) is 6.04 Å². The van der Waals surface area contributed by atoms with Gasteiger partial charge < -0.3 is 10.1 Å². The van der Waals surface area contributed by atoms with E-state index in [-0.39, 0.29) is 5.60 Å². The maximum absolute atomic E-state index is 6.05. The van der Waals surface area contributed by atoms with Gasteiger partial charge in [-0.1, -0.05) is 20.8 Å². The maximum Gasteiger partial charge on any atom is 0.0767 e. The van der Waals surface area contributed by atoms with E-state index < -0.39 is 0 Å². The summed E-state index contributed by atoms with van der Waals surface area (Å²) in [5, 5.41) is 8.27. The summed E-state index contributed by atoms with van der Waals surface area (Å²) in [5.41, 5.74) is 2.45.